The van der Waals surface area contributed by atoms with Gasteiger partial charge >= 0.3 is 0 Å². The van der Waals surface area contributed by atoms with Crippen LogP contribution in [0.5, 0.6) is 0 Å². The van der Waals surface area contributed by atoms with Crippen molar-refractivity contribution in [2.24, 2.45) is 7.05 Å². The van der Waals surface area contributed by atoms with E-state index in [9.17, 15) is 0 Å². The van der Waals surface area contributed by atoms with Crippen LogP contribution in [0.4, 0.5) is 11.6 Å². The average molecular weight is 277 g/mol. The van der Waals surface area contributed by atoms with Crippen molar-refractivity contribution in [2.45, 2.75) is 13.0 Å². The standard InChI is InChI=1S/C12H19N7O/c1-13-9-6-10(17-11(16-9)7-20-3)14-5-4-12-18-15-8-19(12)2/h6,8H,4-5,7H2,1-3H3,(H2,13,14,16,17). The third kappa shape index (κ3) is 3.64. The Balaban J connectivity index is 1.97. The number of ether oxygens (including phenoxy) is 1. The summed E-state index contributed by atoms with van der Waals surface area (Å²) in [7, 11) is 5.37. The zero-order valence-corrected chi connectivity index (χ0v) is 11.9. The minimum absolute atomic E-state index is 0.382. The van der Waals surface area contributed by atoms with Crippen LogP contribution in [0.2, 0.25) is 0 Å². The SMILES string of the molecule is CNc1cc(NCCc2nncn2C)nc(COC)n1. The molecular formula is C12H19N7O. The van der Waals surface area contributed by atoms with Gasteiger partial charge in [0.25, 0.3) is 0 Å². The summed E-state index contributed by atoms with van der Waals surface area (Å²) < 4.78 is 6.96. The van der Waals surface area contributed by atoms with E-state index in [0.717, 1.165) is 30.4 Å². The summed E-state index contributed by atoms with van der Waals surface area (Å²) in [6.07, 6.45) is 2.46. The lowest BCUT2D eigenvalue weighted by Crippen LogP contribution is -2.11. The smallest absolute Gasteiger partial charge is 0.158 e. The summed E-state index contributed by atoms with van der Waals surface area (Å²) in [5.74, 6) is 3.09. The van der Waals surface area contributed by atoms with Gasteiger partial charge in [0.1, 0.15) is 30.4 Å². The largest absolute Gasteiger partial charge is 0.377 e. The van der Waals surface area contributed by atoms with E-state index in [1.807, 2.05) is 24.7 Å². The van der Waals surface area contributed by atoms with E-state index >= 15 is 0 Å². The van der Waals surface area contributed by atoms with Crippen molar-refractivity contribution in [3.8, 4) is 0 Å². The molecular weight excluding hydrogens is 258 g/mol. The summed E-state index contributed by atoms with van der Waals surface area (Å²) in [4.78, 5) is 8.68. The maximum atomic E-state index is 5.06. The number of hydrogen-bond acceptors (Lipinski definition) is 7. The predicted molar refractivity (Wildman–Crippen MR) is 75.5 cm³/mol. The lowest BCUT2D eigenvalue weighted by atomic mass is 10.4. The Kier molecular flexibility index (Phi) is 4.83. The van der Waals surface area contributed by atoms with Gasteiger partial charge in [-0.1, -0.05) is 0 Å². The van der Waals surface area contributed by atoms with Gasteiger partial charge in [-0.15, -0.1) is 10.2 Å². The fourth-order valence-corrected chi connectivity index (χ4v) is 1.75. The van der Waals surface area contributed by atoms with E-state index in [-0.39, 0.29) is 0 Å². The van der Waals surface area contributed by atoms with Gasteiger partial charge < -0.3 is 19.9 Å². The second-order valence-corrected chi connectivity index (χ2v) is 4.27. The predicted octanol–water partition coefficient (Wildman–Crippen LogP) is 0.448. The highest BCUT2D eigenvalue weighted by molar-refractivity contribution is 5.47. The van der Waals surface area contributed by atoms with Crippen molar-refractivity contribution < 1.29 is 4.74 Å². The third-order valence-corrected chi connectivity index (χ3v) is 2.76. The van der Waals surface area contributed by atoms with Crippen LogP contribution in [0.25, 0.3) is 0 Å². The first-order valence-corrected chi connectivity index (χ1v) is 6.34. The number of anilines is 2. The van der Waals surface area contributed by atoms with Gasteiger partial charge in [-0.25, -0.2) is 9.97 Å². The molecule has 2 aromatic rings. The Morgan fingerprint density at radius 1 is 1.30 bits per heavy atom. The molecule has 0 aliphatic rings. The van der Waals surface area contributed by atoms with E-state index in [4.69, 9.17) is 4.74 Å². The highest BCUT2D eigenvalue weighted by Crippen LogP contribution is 2.11. The van der Waals surface area contributed by atoms with Crippen molar-refractivity contribution in [1.82, 2.24) is 24.7 Å². The van der Waals surface area contributed by atoms with Crippen LogP contribution >= 0.6 is 0 Å². The van der Waals surface area contributed by atoms with E-state index < -0.39 is 0 Å². The molecule has 0 radical (unpaired) electrons. The Morgan fingerprint density at radius 3 is 2.75 bits per heavy atom. The first kappa shape index (κ1) is 14.2. The number of nitrogens with one attached hydrogen (secondary N) is 2. The summed E-state index contributed by atoms with van der Waals surface area (Å²) >= 11 is 0. The number of rotatable bonds is 7. The molecule has 20 heavy (non-hydrogen) atoms. The third-order valence-electron chi connectivity index (χ3n) is 2.76. The Hall–Kier alpha value is -2.22. The number of nitrogens with zero attached hydrogens (tertiary/aromatic N) is 5. The van der Waals surface area contributed by atoms with E-state index in [1.54, 1.807) is 13.4 Å². The monoisotopic (exact) mass is 277 g/mol. The number of methoxy groups -OCH3 is 1. The van der Waals surface area contributed by atoms with Crippen molar-refractivity contribution in [3.05, 3.63) is 24.0 Å². The molecule has 0 atom stereocenters. The molecule has 0 unspecified atom stereocenters. The van der Waals surface area contributed by atoms with Crippen LogP contribution in [-0.4, -0.2) is 45.4 Å². The molecule has 0 fully saturated rings. The van der Waals surface area contributed by atoms with Crippen molar-refractivity contribution >= 4 is 11.6 Å². The van der Waals surface area contributed by atoms with Gasteiger partial charge in [0.15, 0.2) is 5.82 Å². The van der Waals surface area contributed by atoms with Gasteiger partial charge in [0.2, 0.25) is 0 Å². The second kappa shape index (κ2) is 6.80. The Labute approximate surface area is 117 Å². The quantitative estimate of drug-likeness (QED) is 0.759. The molecule has 2 aromatic heterocycles. The molecule has 0 aliphatic carbocycles. The van der Waals surface area contributed by atoms with Gasteiger partial charge in [-0.2, -0.15) is 0 Å². The summed E-state index contributed by atoms with van der Waals surface area (Å²) in [6.45, 7) is 1.10. The van der Waals surface area contributed by atoms with Gasteiger partial charge in [0.05, 0.1) is 0 Å². The summed E-state index contributed by atoms with van der Waals surface area (Å²) in [5.41, 5.74) is 0. The minimum atomic E-state index is 0.382. The molecule has 0 aromatic carbocycles. The number of aromatic nitrogens is 5. The zero-order valence-electron chi connectivity index (χ0n) is 11.9. The van der Waals surface area contributed by atoms with Gasteiger partial charge in [-0.05, 0) is 0 Å². The molecule has 0 spiro atoms. The first-order chi connectivity index (χ1) is 9.72. The Bertz CT molecular complexity index is 554. The van der Waals surface area contributed by atoms with Crippen LogP contribution in [0.15, 0.2) is 12.4 Å². The summed E-state index contributed by atoms with van der Waals surface area (Å²) in [5, 5.41) is 14.1. The Morgan fingerprint density at radius 2 is 2.10 bits per heavy atom. The average Bonchev–Trinajstić information content (AvgIpc) is 2.84. The minimum Gasteiger partial charge on any atom is -0.377 e. The molecule has 8 heteroatoms. The highest BCUT2D eigenvalue weighted by Gasteiger charge is 2.05. The van der Waals surface area contributed by atoms with Gasteiger partial charge in [0, 0.05) is 40.2 Å². The first-order valence-electron chi connectivity index (χ1n) is 6.34. The maximum Gasteiger partial charge on any atom is 0.158 e. The second-order valence-electron chi connectivity index (χ2n) is 4.27. The van der Waals surface area contributed by atoms with E-state index in [1.165, 1.54) is 0 Å². The molecule has 8 nitrogen and oxygen atoms in total. The van der Waals surface area contributed by atoms with Crippen LogP contribution in [0.1, 0.15) is 11.6 Å². The lowest BCUT2D eigenvalue weighted by molar-refractivity contribution is 0.178. The fourth-order valence-electron chi connectivity index (χ4n) is 1.75. The molecule has 0 aliphatic heterocycles. The highest BCUT2D eigenvalue weighted by atomic mass is 16.5. The molecule has 0 bridgehead atoms. The van der Waals surface area contributed by atoms with Crippen LogP contribution in [-0.2, 0) is 24.8 Å². The maximum absolute atomic E-state index is 5.06. The summed E-state index contributed by atoms with van der Waals surface area (Å²) in [6, 6.07) is 1.86. The molecule has 108 valence electrons. The lowest BCUT2D eigenvalue weighted by Gasteiger charge is -2.09. The van der Waals surface area contributed by atoms with E-state index in [2.05, 4.69) is 30.8 Å². The zero-order chi connectivity index (χ0) is 14.4. The molecule has 2 heterocycles. The molecule has 2 N–H and O–H groups in total. The normalized spacial score (nSPS) is 10.6. The molecule has 0 saturated heterocycles. The van der Waals surface area contributed by atoms with Gasteiger partial charge in [-0.3, -0.25) is 0 Å². The molecule has 0 saturated carbocycles. The fraction of sp³-hybridized carbons (Fsp3) is 0.500. The number of hydrogen-bond donors (Lipinski definition) is 2. The van der Waals surface area contributed by atoms with Crippen molar-refractivity contribution in [1.29, 1.82) is 0 Å². The molecule has 2 rings (SSSR count). The van der Waals surface area contributed by atoms with Crippen molar-refractivity contribution in [2.75, 3.05) is 31.3 Å². The molecule has 0 amide bonds. The van der Waals surface area contributed by atoms with Crippen molar-refractivity contribution in [3.63, 3.8) is 0 Å². The van der Waals surface area contributed by atoms with Crippen LogP contribution < -0.4 is 10.6 Å². The van der Waals surface area contributed by atoms with Crippen LogP contribution in [0, 0.1) is 0 Å². The number of aryl methyl sites for hydroxylation is 1. The van der Waals surface area contributed by atoms with Crippen LogP contribution in [0.3, 0.4) is 0 Å². The van der Waals surface area contributed by atoms with E-state index in [0.29, 0.717) is 12.4 Å². The topological polar surface area (TPSA) is 89.8 Å².